The minimum Gasteiger partial charge on any atom is -0.506 e. The Morgan fingerprint density at radius 3 is 2.17 bits per heavy atom. The zero-order valence-electron chi connectivity index (χ0n) is 35.9. The number of hydrogen-bond donors (Lipinski definition) is 5. The lowest BCUT2D eigenvalue weighted by molar-refractivity contribution is 0.150. The molecule has 5 N–H and O–H groups in total. The van der Waals surface area contributed by atoms with E-state index in [2.05, 4.69) is 128 Å². The molecule has 4 aliphatic rings. The van der Waals surface area contributed by atoms with Crippen LogP contribution >= 0.6 is 0 Å². The van der Waals surface area contributed by atoms with E-state index in [9.17, 15) is 25.5 Å². The van der Waals surface area contributed by atoms with Gasteiger partial charge in [-0.15, -0.1) is 0 Å². The number of rotatable bonds is 9. The molecular weight excluding hydrogens is 777 g/mol. The minimum atomic E-state index is -1.42. The fraction of sp³-hybridized carbons (Fsp3) is 0.172. The lowest BCUT2D eigenvalue weighted by Gasteiger charge is -2.18. The highest BCUT2D eigenvalue weighted by Crippen LogP contribution is 2.39. The quantitative estimate of drug-likeness (QED) is 0.0854. The Hall–Kier alpha value is -6.92. The van der Waals surface area contributed by atoms with E-state index in [1.807, 2.05) is 42.5 Å². The highest BCUT2D eigenvalue weighted by molar-refractivity contribution is 5.92. The van der Waals surface area contributed by atoms with Crippen LogP contribution in [-0.2, 0) is 12.8 Å². The van der Waals surface area contributed by atoms with Gasteiger partial charge < -0.3 is 25.5 Å². The van der Waals surface area contributed by atoms with Gasteiger partial charge in [0.2, 0.25) is 0 Å². The first-order valence-electron chi connectivity index (χ1n) is 21.8. The molecule has 5 nitrogen and oxygen atoms in total. The smallest absolute Gasteiger partial charge is 0.199 e. The normalized spacial score (nSPS) is 21.7. The summed E-state index contributed by atoms with van der Waals surface area (Å²) in [5.74, 6) is -1.89. The monoisotopic (exact) mass is 830 g/mol. The highest BCUT2D eigenvalue weighted by Gasteiger charge is 2.27. The van der Waals surface area contributed by atoms with Crippen molar-refractivity contribution >= 4 is 16.7 Å². The summed E-state index contributed by atoms with van der Waals surface area (Å²) in [5, 5.41) is 54.9. The van der Waals surface area contributed by atoms with Gasteiger partial charge in [0.25, 0.3) is 0 Å². The first kappa shape index (κ1) is 42.8. The van der Waals surface area contributed by atoms with Gasteiger partial charge >= 0.3 is 0 Å². The van der Waals surface area contributed by atoms with Crippen molar-refractivity contribution in [1.82, 2.24) is 0 Å². The maximum atomic E-state index is 11.3. The first-order valence-corrected chi connectivity index (χ1v) is 21.8. The van der Waals surface area contributed by atoms with Crippen molar-refractivity contribution in [3.8, 4) is 22.3 Å². The first-order chi connectivity index (χ1) is 30.6. The van der Waals surface area contributed by atoms with E-state index >= 15 is 0 Å². The van der Waals surface area contributed by atoms with E-state index in [-0.39, 0.29) is 5.57 Å². The summed E-state index contributed by atoms with van der Waals surface area (Å²) in [7, 11) is 0. The molecule has 0 fully saturated rings. The van der Waals surface area contributed by atoms with Crippen molar-refractivity contribution in [2.45, 2.75) is 52.1 Å². The van der Waals surface area contributed by atoms with Crippen molar-refractivity contribution in [2.24, 2.45) is 5.92 Å². The second-order valence-corrected chi connectivity index (χ2v) is 16.6. The number of aliphatic hydroxyl groups excluding tert-OH is 5. The predicted octanol–water partition coefficient (Wildman–Crippen LogP) is 11.4. The Bertz CT molecular complexity index is 2910. The minimum absolute atomic E-state index is 0.0382. The molecule has 2 unspecified atom stereocenters. The maximum Gasteiger partial charge on any atom is 0.199 e. The highest BCUT2D eigenvalue weighted by atomic mass is 16.4. The SMILES string of the molecule is C=C(C1=C/CC/C=C(C2=c3ccccc3=C(/C(CO)=C(O)/C(O)=C(/O)C(C)O)C3=CC=CC=C2C3)/C=C\1)c1ccccc1-c1ccc(-c2cccc3c2C/C=C\C=C/C(C)C3)cc1. The Morgan fingerprint density at radius 2 is 1.41 bits per heavy atom. The lowest BCUT2D eigenvalue weighted by atomic mass is 9.86. The van der Waals surface area contributed by atoms with E-state index < -0.39 is 30.0 Å². The zero-order valence-corrected chi connectivity index (χ0v) is 35.9. The van der Waals surface area contributed by atoms with E-state index in [0.29, 0.717) is 17.9 Å². The standard InChI is InChI=1S/C58H54O5/c1-37-16-5-4-6-23-50-44(34-37)21-15-27-49(50)42-31-29-41(30-32-42)48-24-12-11-22-47(48)38(2)40-17-7-8-18-43(33-28-40)54-45-19-9-10-20-46(35-45)55(52-26-14-13-25-51(52)54)53(36-59)57(62)58(63)56(61)39(3)60/h4-6,9-22,24-33,37,39,59-63H,2,7-8,23,34-36H2,1,3H3/b6-4-,16-5-,33-28-,40-17+,43-18-,57-53-,58-56-. The van der Waals surface area contributed by atoms with Crippen LogP contribution in [0.5, 0.6) is 0 Å². The molecule has 0 spiro atoms. The van der Waals surface area contributed by atoms with Gasteiger partial charge in [0.05, 0.1) is 6.61 Å². The van der Waals surface area contributed by atoms with Crippen molar-refractivity contribution in [2.75, 3.05) is 6.61 Å². The van der Waals surface area contributed by atoms with E-state index in [4.69, 9.17) is 6.58 Å². The summed E-state index contributed by atoms with van der Waals surface area (Å²) >= 11 is 0. The summed E-state index contributed by atoms with van der Waals surface area (Å²) in [6.45, 7) is 7.62. The Morgan fingerprint density at radius 1 is 0.730 bits per heavy atom. The molecular formula is C58H54O5. The van der Waals surface area contributed by atoms with Gasteiger partial charge in [0.15, 0.2) is 17.3 Å². The van der Waals surface area contributed by atoms with Crippen LogP contribution in [0, 0.1) is 5.92 Å². The molecule has 316 valence electrons. The van der Waals surface area contributed by atoms with Crippen LogP contribution in [0.25, 0.3) is 39.0 Å². The second kappa shape index (κ2) is 19.0. The van der Waals surface area contributed by atoms with Gasteiger partial charge in [-0.25, -0.2) is 0 Å². The molecule has 0 aliphatic heterocycles. The molecule has 4 aliphatic carbocycles. The van der Waals surface area contributed by atoms with Crippen LogP contribution in [0.3, 0.4) is 0 Å². The van der Waals surface area contributed by atoms with Gasteiger partial charge in [-0.3, -0.25) is 0 Å². The molecule has 5 heteroatoms. The number of aliphatic hydroxyl groups is 5. The zero-order chi connectivity index (χ0) is 44.0. The fourth-order valence-corrected chi connectivity index (χ4v) is 9.16. The fourth-order valence-electron chi connectivity index (χ4n) is 9.16. The number of benzene rings is 4. The lowest BCUT2D eigenvalue weighted by Crippen LogP contribution is -2.30. The van der Waals surface area contributed by atoms with Crippen molar-refractivity contribution in [3.05, 3.63) is 243 Å². The molecule has 2 bridgehead atoms. The van der Waals surface area contributed by atoms with Crippen molar-refractivity contribution in [1.29, 1.82) is 0 Å². The third-order valence-electron chi connectivity index (χ3n) is 12.4. The summed E-state index contributed by atoms with van der Waals surface area (Å²) < 4.78 is 0. The largest absolute Gasteiger partial charge is 0.506 e. The summed E-state index contributed by atoms with van der Waals surface area (Å²) in [4.78, 5) is 0. The number of hydrogen-bond acceptors (Lipinski definition) is 5. The second-order valence-electron chi connectivity index (χ2n) is 16.6. The third kappa shape index (κ3) is 8.90. The summed E-state index contributed by atoms with van der Waals surface area (Å²) in [5.41, 5.74) is 15.1. The average molecular weight is 831 g/mol. The van der Waals surface area contributed by atoms with Gasteiger partial charge in [-0.2, -0.15) is 0 Å². The maximum absolute atomic E-state index is 11.3. The predicted molar refractivity (Wildman–Crippen MR) is 259 cm³/mol. The van der Waals surface area contributed by atoms with Crippen LogP contribution < -0.4 is 10.4 Å². The van der Waals surface area contributed by atoms with Gasteiger partial charge in [0, 0.05) is 5.57 Å². The van der Waals surface area contributed by atoms with E-state index in [0.717, 1.165) is 86.2 Å². The van der Waals surface area contributed by atoms with Crippen LogP contribution in [0.2, 0.25) is 0 Å². The molecule has 0 saturated carbocycles. The van der Waals surface area contributed by atoms with Gasteiger partial charge in [0.1, 0.15) is 6.10 Å². The summed E-state index contributed by atoms with van der Waals surface area (Å²) in [6.07, 6.45) is 28.3. The van der Waals surface area contributed by atoms with Gasteiger partial charge in [-0.05, 0) is 133 Å². The Labute approximate surface area is 370 Å². The number of fused-ring (bicyclic) bond motifs is 4. The molecule has 0 heterocycles. The molecule has 0 radical (unpaired) electrons. The van der Waals surface area contributed by atoms with Crippen LogP contribution in [0.15, 0.2) is 216 Å². The van der Waals surface area contributed by atoms with Crippen molar-refractivity contribution in [3.63, 3.8) is 0 Å². The molecule has 0 amide bonds. The molecule has 0 aromatic heterocycles. The van der Waals surface area contributed by atoms with E-state index in [1.54, 1.807) is 0 Å². The third-order valence-corrected chi connectivity index (χ3v) is 12.4. The molecule has 2 atom stereocenters. The van der Waals surface area contributed by atoms with E-state index in [1.165, 1.54) is 29.2 Å². The summed E-state index contributed by atoms with van der Waals surface area (Å²) in [6, 6.07) is 32.0. The van der Waals surface area contributed by atoms with Crippen LogP contribution in [0.4, 0.5) is 0 Å². The number of allylic oxidation sites excluding steroid dienone is 17. The van der Waals surface area contributed by atoms with Crippen molar-refractivity contribution < 1.29 is 25.5 Å². The Balaban J connectivity index is 1.16. The molecule has 4 aromatic rings. The molecule has 63 heavy (non-hydrogen) atoms. The van der Waals surface area contributed by atoms with Gasteiger partial charge in [-0.1, -0.05) is 177 Å². The molecule has 4 aromatic carbocycles. The van der Waals surface area contributed by atoms with Crippen LogP contribution in [0.1, 0.15) is 49.8 Å². The van der Waals surface area contributed by atoms with Crippen LogP contribution in [-0.4, -0.2) is 38.2 Å². The Kier molecular flexibility index (Phi) is 12.9. The molecule has 8 rings (SSSR count). The topological polar surface area (TPSA) is 101 Å². The average Bonchev–Trinajstić information content (AvgIpc) is 3.56. The molecule has 0 saturated heterocycles.